The molecule has 28 heavy (non-hydrogen) atoms. The first-order valence-electron chi connectivity index (χ1n) is 8.96. The van der Waals surface area contributed by atoms with Crippen molar-refractivity contribution in [1.29, 1.82) is 0 Å². The number of amides is 1. The van der Waals surface area contributed by atoms with E-state index in [1.165, 1.54) is 18.4 Å². The number of benzene rings is 1. The molecule has 0 spiro atoms. The van der Waals surface area contributed by atoms with E-state index in [4.69, 9.17) is 4.74 Å². The molecule has 3 rings (SSSR count). The number of Topliss-reactive ketones (excluding diaryl/α,β-unsaturated/α-hetero) is 1. The predicted molar refractivity (Wildman–Crippen MR) is 110 cm³/mol. The lowest BCUT2D eigenvalue weighted by molar-refractivity contribution is -0.140. The van der Waals surface area contributed by atoms with E-state index in [0.717, 1.165) is 10.4 Å². The van der Waals surface area contributed by atoms with Crippen LogP contribution >= 0.6 is 11.3 Å². The van der Waals surface area contributed by atoms with Crippen LogP contribution in [0.25, 0.3) is 5.76 Å². The number of aliphatic hydroxyl groups excluding tert-OH is 1. The Morgan fingerprint density at radius 3 is 2.64 bits per heavy atom. The molecule has 1 fully saturated rings. The van der Waals surface area contributed by atoms with Gasteiger partial charge < -0.3 is 19.6 Å². The van der Waals surface area contributed by atoms with E-state index < -0.39 is 17.7 Å². The van der Waals surface area contributed by atoms with Gasteiger partial charge >= 0.3 is 0 Å². The van der Waals surface area contributed by atoms with E-state index in [9.17, 15) is 14.7 Å². The monoisotopic (exact) mass is 400 g/mol. The maximum absolute atomic E-state index is 12.9. The number of ether oxygens (including phenoxy) is 1. The minimum atomic E-state index is -0.656. The van der Waals surface area contributed by atoms with Gasteiger partial charge in [0.15, 0.2) is 0 Å². The highest BCUT2D eigenvalue weighted by molar-refractivity contribution is 7.10. The van der Waals surface area contributed by atoms with Gasteiger partial charge in [0, 0.05) is 23.5 Å². The fraction of sp³-hybridized carbons (Fsp3) is 0.333. The second-order valence-corrected chi connectivity index (χ2v) is 7.94. The summed E-state index contributed by atoms with van der Waals surface area (Å²) in [4.78, 5) is 30.1. The molecular weight excluding hydrogens is 376 g/mol. The van der Waals surface area contributed by atoms with Crippen molar-refractivity contribution in [2.75, 3.05) is 34.3 Å². The van der Waals surface area contributed by atoms with Crippen LogP contribution < -0.4 is 4.74 Å². The lowest BCUT2D eigenvalue weighted by Gasteiger charge is -2.26. The van der Waals surface area contributed by atoms with Crippen molar-refractivity contribution in [3.8, 4) is 5.75 Å². The van der Waals surface area contributed by atoms with Crippen LogP contribution in [0.1, 0.15) is 22.0 Å². The first-order valence-corrected chi connectivity index (χ1v) is 9.84. The van der Waals surface area contributed by atoms with Crippen molar-refractivity contribution < 1.29 is 19.4 Å². The van der Waals surface area contributed by atoms with Gasteiger partial charge in [0.05, 0.1) is 18.7 Å². The van der Waals surface area contributed by atoms with E-state index >= 15 is 0 Å². The summed E-state index contributed by atoms with van der Waals surface area (Å²) in [6.45, 7) is 2.96. The highest BCUT2D eigenvalue weighted by Gasteiger charge is 2.46. The lowest BCUT2D eigenvalue weighted by atomic mass is 9.98. The molecule has 1 unspecified atom stereocenters. The minimum absolute atomic E-state index is 0.127. The summed E-state index contributed by atoms with van der Waals surface area (Å²) in [7, 11) is 5.37. The first-order chi connectivity index (χ1) is 13.3. The van der Waals surface area contributed by atoms with Crippen LogP contribution in [0.15, 0.2) is 41.3 Å². The number of hydrogen-bond donors (Lipinski definition) is 1. The number of aryl methyl sites for hydroxylation is 1. The van der Waals surface area contributed by atoms with Crippen LogP contribution in [-0.4, -0.2) is 60.9 Å². The molecule has 1 aliphatic rings. The third-order valence-corrected chi connectivity index (χ3v) is 5.89. The van der Waals surface area contributed by atoms with Crippen LogP contribution in [0.5, 0.6) is 5.75 Å². The molecule has 1 atom stereocenters. The Morgan fingerprint density at radius 2 is 2.04 bits per heavy atom. The van der Waals surface area contributed by atoms with Crippen molar-refractivity contribution in [3.05, 3.63) is 57.3 Å². The normalized spacial score (nSPS) is 18.9. The smallest absolute Gasteiger partial charge is 0.295 e. The molecule has 0 saturated carbocycles. The molecule has 2 aromatic rings. The largest absolute Gasteiger partial charge is 0.507 e. The van der Waals surface area contributed by atoms with Gasteiger partial charge in [-0.1, -0.05) is 12.1 Å². The van der Waals surface area contributed by atoms with Gasteiger partial charge in [-0.2, -0.15) is 0 Å². The number of ketones is 1. The molecule has 1 aromatic heterocycles. The third-order valence-electron chi connectivity index (χ3n) is 4.82. The molecule has 0 bridgehead atoms. The topological polar surface area (TPSA) is 70.1 Å². The summed E-state index contributed by atoms with van der Waals surface area (Å²) in [5.74, 6) is -0.849. The van der Waals surface area contributed by atoms with Crippen LogP contribution in [0.4, 0.5) is 0 Å². The molecule has 0 aliphatic carbocycles. The summed E-state index contributed by atoms with van der Waals surface area (Å²) < 4.78 is 5.22. The Labute approximate surface area is 168 Å². The van der Waals surface area contributed by atoms with E-state index in [1.807, 2.05) is 37.4 Å². The zero-order chi connectivity index (χ0) is 20.4. The van der Waals surface area contributed by atoms with Gasteiger partial charge in [0.25, 0.3) is 11.7 Å². The number of carbonyl (C=O) groups is 2. The summed E-state index contributed by atoms with van der Waals surface area (Å²) in [6.07, 6.45) is 0. The molecular formula is C21H24N2O4S. The summed E-state index contributed by atoms with van der Waals surface area (Å²) in [5, 5.41) is 12.9. The maximum atomic E-state index is 12.9. The summed E-state index contributed by atoms with van der Waals surface area (Å²) in [5.41, 5.74) is 1.56. The van der Waals surface area contributed by atoms with Gasteiger partial charge in [-0.25, -0.2) is 0 Å². The Morgan fingerprint density at radius 1 is 1.29 bits per heavy atom. The zero-order valence-electron chi connectivity index (χ0n) is 16.4. The summed E-state index contributed by atoms with van der Waals surface area (Å²) in [6, 6.07) is 8.21. The quantitative estimate of drug-likeness (QED) is 0.459. The fourth-order valence-corrected chi connectivity index (χ4v) is 4.33. The molecule has 7 heteroatoms. The maximum Gasteiger partial charge on any atom is 0.295 e. The fourth-order valence-electron chi connectivity index (χ4n) is 3.28. The van der Waals surface area contributed by atoms with Gasteiger partial charge in [-0.3, -0.25) is 9.59 Å². The number of nitrogens with zero attached hydrogens (tertiary/aromatic N) is 2. The van der Waals surface area contributed by atoms with E-state index in [-0.39, 0.29) is 11.3 Å². The highest BCUT2D eigenvalue weighted by atomic mass is 32.1. The van der Waals surface area contributed by atoms with Gasteiger partial charge in [-0.05, 0) is 50.2 Å². The number of likely N-dealkylation sites (tertiary alicyclic amines) is 1. The Hall–Kier alpha value is -2.64. The molecule has 148 valence electrons. The number of likely N-dealkylation sites (N-methyl/N-ethyl adjacent to an activating group) is 1. The van der Waals surface area contributed by atoms with Crippen LogP contribution in [0, 0.1) is 6.92 Å². The highest BCUT2D eigenvalue weighted by Crippen LogP contribution is 2.42. The number of methoxy groups -OCH3 is 1. The number of aliphatic hydroxyl groups is 1. The average Bonchev–Trinajstić information content (AvgIpc) is 3.20. The Kier molecular flexibility index (Phi) is 5.86. The number of hydrogen-bond acceptors (Lipinski definition) is 6. The molecule has 1 saturated heterocycles. The minimum Gasteiger partial charge on any atom is -0.507 e. The second-order valence-electron chi connectivity index (χ2n) is 7.00. The molecule has 2 heterocycles. The second kappa shape index (κ2) is 8.16. The van der Waals surface area contributed by atoms with E-state index in [1.54, 1.807) is 29.2 Å². The van der Waals surface area contributed by atoms with Crippen LogP contribution in [0.2, 0.25) is 0 Å². The molecule has 1 N–H and O–H groups in total. The standard InChI is InChI=1S/C21H24N2O4S/c1-13-8-11-28-20(13)17-16(18(24)14-6-5-7-15(12-14)27-4)19(25)21(26)23(17)10-9-22(2)3/h5-8,11-12,17,24H,9-10H2,1-4H3/b18-16-. The predicted octanol–water partition coefficient (Wildman–Crippen LogP) is 3.05. The van der Waals surface area contributed by atoms with Crippen LogP contribution in [0.3, 0.4) is 0 Å². The van der Waals surface area contributed by atoms with Crippen molar-refractivity contribution in [2.45, 2.75) is 13.0 Å². The first kappa shape index (κ1) is 20.1. The van der Waals surface area contributed by atoms with Crippen molar-refractivity contribution in [1.82, 2.24) is 9.80 Å². The SMILES string of the molecule is COc1cccc(/C(O)=C2/C(=O)C(=O)N(CCN(C)C)C2c2sccc2C)c1. The van der Waals surface area contributed by atoms with Crippen LogP contribution in [-0.2, 0) is 9.59 Å². The Bertz CT molecular complexity index is 932. The molecule has 1 aliphatic heterocycles. The molecule has 1 aromatic carbocycles. The van der Waals surface area contributed by atoms with E-state index in [0.29, 0.717) is 24.4 Å². The van der Waals surface area contributed by atoms with Gasteiger partial charge in [0.1, 0.15) is 11.5 Å². The van der Waals surface area contributed by atoms with E-state index in [2.05, 4.69) is 0 Å². The molecule has 0 radical (unpaired) electrons. The molecule has 1 amide bonds. The van der Waals surface area contributed by atoms with Gasteiger partial charge in [-0.15, -0.1) is 11.3 Å². The average molecular weight is 401 g/mol. The lowest BCUT2D eigenvalue weighted by Crippen LogP contribution is -2.35. The Balaban J connectivity index is 2.14. The van der Waals surface area contributed by atoms with Gasteiger partial charge in [0.2, 0.25) is 0 Å². The number of thiophene rings is 1. The number of carbonyl (C=O) groups excluding carboxylic acids is 2. The van der Waals surface area contributed by atoms with Crippen molar-refractivity contribution >= 4 is 28.8 Å². The molecule has 6 nitrogen and oxygen atoms in total. The van der Waals surface area contributed by atoms with Crippen molar-refractivity contribution in [2.24, 2.45) is 0 Å². The summed E-state index contributed by atoms with van der Waals surface area (Å²) >= 11 is 1.48. The number of rotatable bonds is 6. The van der Waals surface area contributed by atoms with Crippen molar-refractivity contribution in [3.63, 3.8) is 0 Å². The zero-order valence-corrected chi connectivity index (χ0v) is 17.2. The third kappa shape index (κ3) is 3.68.